The monoisotopic (exact) mass is 445 g/mol. The fraction of sp³-hybridized carbons (Fsp3) is 0.435. The number of rotatable bonds is 8. The van der Waals surface area contributed by atoms with Gasteiger partial charge in [0.05, 0.1) is 16.7 Å². The molecule has 0 spiro atoms. The smallest absolute Gasteiger partial charge is 0.262 e. The van der Waals surface area contributed by atoms with Gasteiger partial charge in [-0.15, -0.1) is 0 Å². The minimum Gasteiger partial charge on any atom is -0.348 e. The maximum atomic E-state index is 13.1. The molecule has 0 saturated carbocycles. The van der Waals surface area contributed by atoms with Crippen molar-refractivity contribution < 1.29 is 4.79 Å². The minimum atomic E-state index is -0.0959. The van der Waals surface area contributed by atoms with E-state index in [1.807, 2.05) is 19.9 Å². The van der Waals surface area contributed by atoms with Gasteiger partial charge < -0.3 is 4.57 Å². The number of hydrogen-bond acceptors (Lipinski definition) is 4. The molecule has 0 atom stereocenters. The van der Waals surface area contributed by atoms with Gasteiger partial charge in [-0.3, -0.25) is 14.2 Å². The average molecular weight is 446 g/mol. The summed E-state index contributed by atoms with van der Waals surface area (Å²) in [6.45, 7) is 11.7. The van der Waals surface area contributed by atoms with Crippen LogP contribution in [0.3, 0.4) is 0 Å². The summed E-state index contributed by atoms with van der Waals surface area (Å²) in [6, 6.07) is 7.08. The summed E-state index contributed by atoms with van der Waals surface area (Å²) in [6.07, 6.45) is 1.02. The SMILES string of the molecule is CCCn1c(C)cc(C(=O)CSc2nc3cc(Cl)ccc3c(=O)n2CC(C)C)c1C. The molecule has 0 saturated heterocycles. The number of nitrogens with zero attached hydrogens (tertiary/aromatic N) is 3. The third-order valence-corrected chi connectivity index (χ3v) is 6.30. The number of Topliss-reactive ketones (excluding diaryl/α,β-unsaturated/α-hetero) is 1. The number of carbonyl (C=O) groups excluding carboxylic acids is 1. The Kier molecular flexibility index (Phi) is 7.09. The number of ketones is 1. The van der Waals surface area contributed by atoms with Crippen LogP contribution in [0.1, 0.15) is 48.9 Å². The van der Waals surface area contributed by atoms with E-state index in [0.717, 1.165) is 29.9 Å². The first kappa shape index (κ1) is 22.6. The van der Waals surface area contributed by atoms with Gasteiger partial charge in [0.25, 0.3) is 5.56 Å². The number of hydrogen-bond donors (Lipinski definition) is 0. The molecule has 0 radical (unpaired) electrons. The highest BCUT2D eigenvalue weighted by atomic mass is 35.5. The normalized spacial score (nSPS) is 11.6. The van der Waals surface area contributed by atoms with Crippen LogP contribution in [0.25, 0.3) is 10.9 Å². The summed E-state index contributed by atoms with van der Waals surface area (Å²) >= 11 is 7.42. The summed E-state index contributed by atoms with van der Waals surface area (Å²) in [5, 5.41) is 1.63. The Labute approximate surface area is 186 Å². The lowest BCUT2D eigenvalue weighted by molar-refractivity contribution is 0.102. The lowest BCUT2D eigenvalue weighted by Gasteiger charge is -2.15. The fourth-order valence-electron chi connectivity index (χ4n) is 3.67. The molecule has 3 aromatic rings. The first-order chi connectivity index (χ1) is 14.2. The number of benzene rings is 1. The van der Waals surface area contributed by atoms with E-state index in [-0.39, 0.29) is 23.0 Å². The van der Waals surface area contributed by atoms with E-state index in [9.17, 15) is 9.59 Å². The predicted octanol–water partition coefficient (Wildman–Crippen LogP) is 5.51. The second-order valence-electron chi connectivity index (χ2n) is 8.01. The molecule has 2 heterocycles. The van der Waals surface area contributed by atoms with Crippen LogP contribution < -0.4 is 5.56 Å². The van der Waals surface area contributed by atoms with Gasteiger partial charge in [0.2, 0.25) is 0 Å². The number of aromatic nitrogens is 3. The predicted molar refractivity (Wildman–Crippen MR) is 125 cm³/mol. The van der Waals surface area contributed by atoms with Crippen molar-refractivity contribution >= 4 is 40.0 Å². The van der Waals surface area contributed by atoms with Crippen LogP contribution in [0.5, 0.6) is 0 Å². The first-order valence-electron chi connectivity index (χ1n) is 10.3. The summed E-state index contributed by atoms with van der Waals surface area (Å²) in [5.41, 5.74) is 3.30. The van der Waals surface area contributed by atoms with E-state index in [1.165, 1.54) is 11.8 Å². The van der Waals surface area contributed by atoms with Crippen molar-refractivity contribution in [3.63, 3.8) is 0 Å². The largest absolute Gasteiger partial charge is 0.348 e. The number of halogens is 1. The molecule has 0 fully saturated rings. The van der Waals surface area contributed by atoms with Crippen molar-refractivity contribution in [2.45, 2.75) is 59.3 Å². The summed E-state index contributed by atoms with van der Waals surface area (Å²) in [7, 11) is 0. The topological polar surface area (TPSA) is 56.9 Å². The van der Waals surface area contributed by atoms with E-state index >= 15 is 0 Å². The quantitative estimate of drug-likeness (QED) is 0.260. The standard InChI is InChI=1S/C23H28ClN3O2S/c1-6-9-26-15(4)10-19(16(26)5)21(28)13-30-23-25-20-11-17(24)7-8-18(20)22(29)27(23)12-14(2)3/h7-8,10-11,14H,6,9,12-13H2,1-5H3. The molecule has 30 heavy (non-hydrogen) atoms. The van der Waals surface area contributed by atoms with Gasteiger partial charge in [-0.05, 0) is 50.5 Å². The van der Waals surface area contributed by atoms with Gasteiger partial charge in [-0.25, -0.2) is 4.98 Å². The molecule has 0 aliphatic heterocycles. The van der Waals surface area contributed by atoms with Crippen LogP contribution in [0, 0.1) is 19.8 Å². The van der Waals surface area contributed by atoms with E-state index in [0.29, 0.717) is 27.6 Å². The number of fused-ring (bicyclic) bond motifs is 1. The van der Waals surface area contributed by atoms with Crippen molar-refractivity contribution in [1.29, 1.82) is 0 Å². The summed E-state index contributed by atoms with van der Waals surface area (Å²) < 4.78 is 3.86. The Morgan fingerprint density at radius 1 is 1.20 bits per heavy atom. The molecular weight excluding hydrogens is 418 g/mol. The van der Waals surface area contributed by atoms with Crippen LogP contribution in [0.15, 0.2) is 34.2 Å². The zero-order valence-corrected chi connectivity index (χ0v) is 19.7. The molecule has 0 aliphatic rings. The number of thioether (sulfide) groups is 1. The second-order valence-corrected chi connectivity index (χ2v) is 9.39. The van der Waals surface area contributed by atoms with Crippen molar-refractivity contribution in [2.75, 3.05) is 5.75 Å². The zero-order valence-electron chi connectivity index (χ0n) is 18.2. The van der Waals surface area contributed by atoms with Crippen molar-refractivity contribution in [1.82, 2.24) is 14.1 Å². The maximum absolute atomic E-state index is 13.1. The molecule has 0 aliphatic carbocycles. The van der Waals surface area contributed by atoms with Crippen LogP contribution in [0.2, 0.25) is 5.02 Å². The molecule has 0 unspecified atom stereocenters. The lowest BCUT2D eigenvalue weighted by atomic mass is 10.2. The van der Waals surface area contributed by atoms with E-state index in [2.05, 4.69) is 30.3 Å². The summed E-state index contributed by atoms with van der Waals surface area (Å²) in [5.74, 6) is 0.553. The van der Waals surface area contributed by atoms with E-state index < -0.39 is 0 Å². The van der Waals surface area contributed by atoms with E-state index in [4.69, 9.17) is 11.6 Å². The summed E-state index contributed by atoms with van der Waals surface area (Å²) in [4.78, 5) is 30.7. The Morgan fingerprint density at radius 2 is 1.93 bits per heavy atom. The highest BCUT2D eigenvalue weighted by Gasteiger charge is 2.18. The first-order valence-corrected chi connectivity index (χ1v) is 11.6. The lowest BCUT2D eigenvalue weighted by Crippen LogP contribution is -2.25. The Bertz CT molecular complexity index is 1150. The number of carbonyl (C=O) groups is 1. The molecule has 3 rings (SSSR count). The maximum Gasteiger partial charge on any atom is 0.262 e. The fourth-order valence-corrected chi connectivity index (χ4v) is 4.73. The Morgan fingerprint density at radius 3 is 2.60 bits per heavy atom. The van der Waals surface area contributed by atoms with Gasteiger partial charge in [0.1, 0.15) is 0 Å². The average Bonchev–Trinajstić information content (AvgIpc) is 2.97. The van der Waals surface area contributed by atoms with Gasteiger partial charge in [0, 0.05) is 35.1 Å². The van der Waals surface area contributed by atoms with Gasteiger partial charge in [-0.2, -0.15) is 0 Å². The van der Waals surface area contributed by atoms with Gasteiger partial charge >= 0.3 is 0 Å². The van der Waals surface area contributed by atoms with Crippen LogP contribution in [-0.2, 0) is 13.1 Å². The van der Waals surface area contributed by atoms with Gasteiger partial charge in [-0.1, -0.05) is 44.1 Å². The minimum absolute atomic E-state index is 0.0481. The third kappa shape index (κ3) is 4.65. The molecule has 7 heteroatoms. The Balaban J connectivity index is 1.94. The molecule has 160 valence electrons. The highest BCUT2D eigenvalue weighted by molar-refractivity contribution is 7.99. The molecule has 5 nitrogen and oxygen atoms in total. The number of aryl methyl sites for hydroxylation is 1. The van der Waals surface area contributed by atoms with Crippen LogP contribution in [-0.4, -0.2) is 25.7 Å². The molecular formula is C23H28ClN3O2S. The van der Waals surface area contributed by atoms with Crippen molar-refractivity contribution in [3.8, 4) is 0 Å². The molecule has 1 aromatic carbocycles. The highest BCUT2D eigenvalue weighted by Crippen LogP contribution is 2.24. The van der Waals surface area contributed by atoms with Gasteiger partial charge in [0.15, 0.2) is 10.9 Å². The van der Waals surface area contributed by atoms with Crippen LogP contribution >= 0.6 is 23.4 Å². The third-order valence-electron chi connectivity index (χ3n) is 5.08. The molecule has 0 amide bonds. The zero-order chi connectivity index (χ0) is 22.0. The van der Waals surface area contributed by atoms with Crippen molar-refractivity contribution in [3.05, 3.63) is 56.6 Å². The molecule has 0 N–H and O–H groups in total. The second kappa shape index (κ2) is 9.40. The van der Waals surface area contributed by atoms with E-state index in [1.54, 1.807) is 22.8 Å². The van der Waals surface area contributed by atoms with Crippen molar-refractivity contribution in [2.24, 2.45) is 5.92 Å². The molecule has 2 aromatic heterocycles. The van der Waals surface area contributed by atoms with Crippen LogP contribution in [0.4, 0.5) is 0 Å². The Hall–Kier alpha value is -2.05. The molecule has 0 bridgehead atoms.